The van der Waals surface area contributed by atoms with Crippen molar-refractivity contribution in [3.63, 3.8) is 0 Å². The van der Waals surface area contributed by atoms with Gasteiger partial charge in [0.2, 0.25) is 5.56 Å². The summed E-state index contributed by atoms with van der Waals surface area (Å²) >= 11 is 0. The Morgan fingerprint density at radius 2 is 1.88 bits per heavy atom. The predicted octanol–water partition coefficient (Wildman–Crippen LogP) is 3.41. The number of nitrogens with two attached hydrogens (primary N) is 1. The van der Waals surface area contributed by atoms with Gasteiger partial charge in [-0.05, 0) is 30.5 Å². The van der Waals surface area contributed by atoms with Gasteiger partial charge in [0.05, 0.1) is 11.4 Å². The van der Waals surface area contributed by atoms with Gasteiger partial charge < -0.3 is 10.3 Å². The van der Waals surface area contributed by atoms with Crippen LogP contribution in [0.15, 0.2) is 53.5 Å². The normalized spacial score (nSPS) is 12.3. The molecular weight excluding hydrogens is 312 g/mol. The summed E-state index contributed by atoms with van der Waals surface area (Å²) in [7, 11) is 1.75. The van der Waals surface area contributed by atoms with Crippen LogP contribution < -0.4 is 11.3 Å². The van der Waals surface area contributed by atoms with Gasteiger partial charge in [-0.1, -0.05) is 38.5 Å². The predicted molar refractivity (Wildman–Crippen MR) is 102 cm³/mol. The first-order chi connectivity index (χ1) is 12.0. The fraction of sp³-hybridized carbons (Fsp3) is 0.300. The molecule has 0 saturated heterocycles. The van der Waals surface area contributed by atoms with Gasteiger partial charge in [0.15, 0.2) is 0 Å². The zero-order chi connectivity index (χ0) is 18.0. The monoisotopic (exact) mass is 336 g/mol. The summed E-state index contributed by atoms with van der Waals surface area (Å²) in [6.07, 6.45) is 3.75. The third kappa shape index (κ3) is 3.36. The average molecular weight is 336 g/mol. The first-order valence-electron chi connectivity index (χ1n) is 8.61. The van der Waals surface area contributed by atoms with Crippen molar-refractivity contribution < 1.29 is 0 Å². The minimum Gasteiger partial charge on any atom is -0.383 e. The van der Waals surface area contributed by atoms with E-state index in [1.165, 1.54) is 0 Å². The Kier molecular flexibility index (Phi) is 4.74. The standard InChI is InChI=1S/C20H24N4O/c1-4-14(2)12-17-19(15-10-11-18(25)23(3)13-15)22-24(20(17)21)16-8-6-5-7-9-16/h5-11,13-14H,4,12,21H2,1-3H3. The molecule has 130 valence electrons. The van der Waals surface area contributed by atoms with E-state index in [4.69, 9.17) is 10.8 Å². The zero-order valence-corrected chi connectivity index (χ0v) is 14.9. The molecule has 0 fully saturated rings. The maximum atomic E-state index is 11.7. The lowest BCUT2D eigenvalue weighted by Crippen LogP contribution is -2.14. The molecule has 3 rings (SSSR count). The lowest BCUT2D eigenvalue weighted by Gasteiger charge is -2.10. The third-order valence-electron chi connectivity index (χ3n) is 4.63. The summed E-state index contributed by atoms with van der Waals surface area (Å²) in [5, 5.41) is 4.78. The second-order valence-corrected chi connectivity index (χ2v) is 6.54. The zero-order valence-electron chi connectivity index (χ0n) is 14.9. The van der Waals surface area contributed by atoms with Crippen LogP contribution in [0.1, 0.15) is 25.8 Å². The molecule has 25 heavy (non-hydrogen) atoms. The smallest absolute Gasteiger partial charge is 0.250 e. The van der Waals surface area contributed by atoms with E-state index in [-0.39, 0.29) is 5.56 Å². The minimum absolute atomic E-state index is 0.0392. The second kappa shape index (κ2) is 6.97. The van der Waals surface area contributed by atoms with E-state index < -0.39 is 0 Å². The van der Waals surface area contributed by atoms with E-state index >= 15 is 0 Å². The molecule has 0 amide bonds. The molecule has 0 bridgehead atoms. The summed E-state index contributed by atoms with van der Waals surface area (Å²) in [6, 6.07) is 13.3. The molecule has 2 aromatic heterocycles. The van der Waals surface area contributed by atoms with Crippen LogP contribution in [0.25, 0.3) is 16.9 Å². The molecule has 3 aromatic rings. The summed E-state index contributed by atoms with van der Waals surface area (Å²) in [4.78, 5) is 11.7. The van der Waals surface area contributed by atoms with Gasteiger partial charge in [0.1, 0.15) is 5.82 Å². The van der Waals surface area contributed by atoms with Crippen molar-refractivity contribution in [2.45, 2.75) is 26.7 Å². The second-order valence-electron chi connectivity index (χ2n) is 6.54. The molecule has 1 aromatic carbocycles. The Labute approximate surface area is 147 Å². The lowest BCUT2D eigenvalue weighted by atomic mass is 9.96. The average Bonchev–Trinajstić information content (AvgIpc) is 2.95. The lowest BCUT2D eigenvalue weighted by molar-refractivity contribution is 0.561. The topological polar surface area (TPSA) is 65.8 Å². The van der Waals surface area contributed by atoms with Crippen LogP contribution in [-0.4, -0.2) is 14.3 Å². The molecule has 1 unspecified atom stereocenters. The van der Waals surface area contributed by atoms with E-state index in [1.807, 2.05) is 42.6 Å². The number of para-hydroxylation sites is 1. The number of nitrogen functional groups attached to an aromatic ring is 1. The molecule has 2 N–H and O–H groups in total. The van der Waals surface area contributed by atoms with Crippen LogP contribution in [0.3, 0.4) is 0 Å². The van der Waals surface area contributed by atoms with Crippen LogP contribution in [-0.2, 0) is 13.5 Å². The molecule has 0 aliphatic heterocycles. The van der Waals surface area contributed by atoms with Gasteiger partial charge in [0.25, 0.3) is 0 Å². The van der Waals surface area contributed by atoms with Crippen molar-refractivity contribution in [2.24, 2.45) is 13.0 Å². The maximum Gasteiger partial charge on any atom is 0.250 e. The number of nitrogens with zero attached hydrogens (tertiary/aromatic N) is 3. The Bertz CT molecular complexity index is 925. The van der Waals surface area contributed by atoms with Crippen molar-refractivity contribution in [3.05, 3.63) is 64.6 Å². The summed E-state index contributed by atoms with van der Waals surface area (Å²) in [5.74, 6) is 1.16. The number of hydrogen-bond acceptors (Lipinski definition) is 3. The number of hydrogen-bond donors (Lipinski definition) is 1. The first-order valence-corrected chi connectivity index (χ1v) is 8.61. The van der Waals surface area contributed by atoms with Gasteiger partial charge in [-0.15, -0.1) is 0 Å². The van der Waals surface area contributed by atoms with Gasteiger partial charge in [-0.2, -0.15) is 5.10 Å². The number of pyridine rings is 1. The molecule has 5 nitrogen and oxygen atoms in total. The minimum atomic E-state index is -0.0392. The Morgan fingerprint density at radius 1 is 1.16 bits per heavy atom. The molecule has 0 aliphatic carbocycles. The maximum absolute atomic E-state index is 11.7. The Morgan fingerprint density at radius 3 is 2.52 bits per heavy atom. The largest absolute Gasteiger partial charge is 0.383 e. The summed E-state index contributed by atoms with van der Waals surface area (Å²) < 4.78 is 3.36. The highest BCUT2D eigenvalue weighted by atomic mass is 16.1. The molecular formula is C20H24N4O. The Hall–Kier alpha value is -2.82. The van der Waals surface area contributed by atoms with Crippen LogP contribution >= 0.6 is 0 Å². The van der Waals surface area contributed by atoms with Gasteiger partial charge in [-0.3, -0.25) is 4.79 Å². The molecule has 0 saturated carbocycles. The highest BCUT2D eigenvalue weighted by molar-refractivity contribution is 5.69. The number of aryl methyl sites for hydroxylation is 1. The molecule has 0 spiro atoms. The summed E-state index contributed by atoms with van der Waals surface area (Å²) in [6.45, 7) is 4.39. The van der Waals surface area contributed by atoms with Crippen molar-refractivity contribution in [1.82, 2.24) is 14.3 Å². The molecule has 1 atom stereocenters. The number of benzene rings is 1. The first kappa shape index (κ1) is 17.0. The van der Waals surface area contributed by atoms with Crippen molar-refractivity contribution in [3.8, 4) is 16.9 Å². The summed E-state index contributed by atoms with van der Waals surface area (Å²) in [5.41, 5.74) is 10.2. The number of rotatable bonds is 5. The van der Waals surface area contributed by atoms with E-state index in [1.54, 1.807) is 22.4 Å². The molecule has 0 aliphatic rings. The highest BCUT2D eigenvalue weighted by Crippen LogP contribution is 2.31. The number of aromatic nitrogens is 3. The van der Waals surface area contributed by atoms with Gasteiger partial charge in [0, 0.05) is 30.4 Å². The Balaban J connectivity index is 2.18. The number of anilines is 1. The van der Waals surface area contributed by atoms with Crippen LogP contribution in [0, 0.1) is 5.92 Å². The third-order valence-corrected chi connectivity index (χ3v) is 4.63. The van der Waals surface area contributed by atoms with Gasteiger partial charge in [-0.25, -0.2) is 4.68 Å². The van der Waals surface area contributed by atoms with E-state index in [9.17, 15) is 4.79 Å². The fourth-order valence-electron chi connectivity index (χ4n) is 2.89. The molecule has 5 heteroatoms. The highest BCUT2D eigenvalue weighted by Gasteiger charge is 2.20. The van der Waals surface area contributed by atoms with E-state index in [0.29, 0.717) is 11.7 Å². The van der Waals surface area contributed by atoms with E-state index in [0.717, 1.165) is 35.3 Å². The van der Waals surface area contributed by atoms with Gasteiger partial charge >= 0.3 is 0 Å². The quantitative estimate of drug-likeness (QED) is 0.776. The van der Waals surface area contributed by atoms with Crippen LogP contribution in [0.5, 0.6) is 0 Å². The van der Waals surface area contributed by atoms with E-state index in [2.05, 4.69) is 13.8 Å². The SMILES string of the molecule is CCC(C)Cc1c(-c2ccc(=O)n(C)c2)nn(-c2ccccc2)c1N. The van der Waals surface area contributed by atoms with Crippen molar-refractivity contribution in [2.75, 3.05) is 5.73 Å². The van der Waals surface area contributed by atoms with Crippen molar-refractivity contribution in [1.29, 1.82) is 0 Å². The van der Waals surface area contributed by atoms with Crippen LogP contribution in [0.2, 0.25) is 0 Å². The molecule has 2 heterocycles. The molecule has 0 radical (unpaired) electrons. The fourth-order valence-corrected chi connectivity index (χ4v) is 2.89. The van der Waals surface area contributed by atoms with Crippen LogP contribution in [0.4, 0.5) is 5.82 Å². The van der Waals surface area contributed by atoms with Crippen molar-refractivity contribution >= 4 is 5.82 Å².